The minimum Gasteiger partial charge on any atom is -0.480 e. The summed E-state index contributed by atoms with van der Waals surface area (Å²) in [5.74, 6) is -0.854. The maximum atomic E-state index is 13.5. The third-order valence-electron chi connectivity index (χ3n) is 7.11. The minimum atomic E-state index is -1.43. The Morgan fingerprint density at radius 1 is 1.03 bits per heavy atom. The van der Waals surface area contributed by atoms with E-state index in [0.717, 1.165) is 18.4 Å². The number of nitrogens with one attached hydrogen (secondary N) is 1. The summed E-state index contributed by atoms with van der Waals surface area (Å²) in [6.45, 7) is 12.9. The van der Waals surface area contributed by atoms with Crippen LogP contribution in [0.15, 0.2) is 35.9 Å². The molecule has 2 aliphatic carbocycles. The lowest BCUT2D eigenvalue weighted by molar-refractivity contribution is -0.146. The SMILES string of the molecule is CCC(=Cc1ccccc1)C1C[C@@H]1N(C(=O)OC(C)(C)C)C1CCC(NC(=O)OC(C)(C)C)(C(=O)O)CC1. The number of nitrogens with zero attached hydrogens (tertiary/aromatic N) is 1. The number of aliphatic carboxylic acids is 1. The molecule has 1 unspecified atom stereocenters. The number of carboxylic acid groups (broad SMARTS) is 1. The van der Waals surface area contributed by atoms with E-state index in [0.29, 0.717) is 12.8 Å². The van der Waals surface area contributed by atoms with Crippen molar-refractivity contribution in [1.29, 1.82) is 0 Å². The highest BCUT2D eigenvalue weighted by atomic mass is 16.6. The molecule has 0 aromatic heterocycles. The average Bonchev–Trinajstić information content (AvgIpc) is 3.57. The third kappa shape index (κ3) is 7.74. The molecular weight excluding hydrogens is 484 g/mol. The van der Waals surface area contributed by atoms with Crippen molar-refractivity contribution in [2.45, 2.75) is 116 Å². The lowest BCUT2D eigenvalue weighted by Crippen LogP contribution is -2.59. The van der Waals surface area contributed by atoms with Crippen LogP contribution in [-0.2, 0) is 14.3 Å². The van der Waals surface area contributed by atoms with Gasteiger partial charge in [0.2, 0.25) is 0 Å². The summed E-state index contributed by atoms with van der Waals surface area (Å²) in [5.41, 5.74) is -0.388. The van der Waals surface area contributed by atoms with Gasteiger partial charge < -0.3 is 24.8 Å². The van der Waals surface area contributed by atoms with Crippen LogP contribution in [-0.4, -0.2) is 57.0 Å². The van der Waals surface area contributed by atoms with Crippen molar-refractivity contribution in [1.82, 2.24) is 10.2 Å². The highest BCUT2D eigenvalue weighted by molar-refractivity contribution is 5.84. The first-order valence-corrected chi connectivity index (χ1v) is 13.7. The molecule has 0 spiro atoms. The first-order valence-electron chi connectivity index (χ1n) is 13.7. The number of carbonyl (C=O) groups excluding carboxylic acids is 2. The van der Waals surface area contributed by atoms with Crippen molar-refractivity contribution < 1.29 is 29.0 Å². The molecule has 0 bridgehead atoms. The highest BCUT2D eigenvalue weighted by Gasteiger charge is 2.52. The third-order valence-corrected chi connectivity index (χ3v) is 7.11. The zero-order valence-electron chi connectivity index (χ0n) is 23.9. The first kappa shape index (κ1) is 29.5. The number of carboxylic acids is 1. The van der Waals surface area contributed by atoms with Crippen LogP contribution in [0.1, 0.15) is 92.6 Å². The predicted molar refractivity (Wildman–Crippen MR) is 147 cm³/mol. The van der Waals surface area contributed by atoms with Crippen molar-refractivity contribution >= 4 is 24.2 Å². The van der Waals surface area contributed by atoms with E-state index >= 15 is 0 Å². The van der Waals surface area contributed by atoms with E-state index in [1.54, 1.807) is 20.8 Å². The van der Waals surface area contributed by atoms with Crippen molar-refractivity contribution in [3.05, 3.63) is 41.5 Å². The van der Waals surface area contributed by atoms with E-state index in [1.807, 2.05) is 43.9 Å². The Labute approximate surface area is 226 Å². The molecule has 0 heterocycles. The molecule has 2 fully saturated rings. The molecule has 38 heavy (non-hydrogen) atoms. The number of carbonyl (C=O) groups is 3. The number of hydrogen-bond donors (Lipinski definition) is 2. The molecule has 3 rings (SSSR count). The largest absolute Gasteiger partial charge is 0.480 e. The van der Waals surface area contributed by atoms with Gasteiger partial charge in [0.05, 0.1) is 0 Å². The zero-order chi connectivity index (χ0) is 28.3. The quantitative estimate of drug-likeness (QED) is 0.424. The van der Waals surface area contributed by atoms with Gasteiger partial charge in [-0.3, -0.25) is 0 Å². The van der Waals surface area contributed by atoms with Crippen LogP contribution in [0.5, 0.6) is 0 Å². The number of rotatable bonds is 7. The van der Waals surface area contributed by atoms with Gasteiger partial charge in [0.15, 0.2) is 0 Å². The van der Waals surface area contributed by atoms with Crippen LogP contribution in [0, 0.1) is 5.92 Å². The molecule has 0 saturated heterocycles. The van der Waals surface area contributed by atoms with Crippen LogP contribution in [0.25, 0.3) is 6.08 Å². The van der Waals surface area contributed by atoms with Crippen molar-refractivity contribution in [3.8, 4) is 0 Å². The Hall–Kier alpha value is -3.03. The molecule has 0 aliphatic heterocycles. The van der Waals surface area contributed by atoms with Crippen molar-refractivity contribution in [2.75, 3.05) is 0 Å². The molecule has 8 heteroatoms. The summed E-state index contributed by atoms with van der Waals surface area (Å²) in [5, 5.41) is 12.7. The van der Waals surface area contributed by atoms with E-state index in [1.165, 1.54) is 5.57 Å². The standard InChI is InChI=1S/C30H44N2O6/c1-8-21(18-20-12-10-9-11-13-20)23-19-24(23)32(27(36)38-29(5,6)7)22-14-16-30(17-15-22,25(33)34)31-26(35)37-28(2,3)4/h9-13,18,22-24H,8,14-17,19H2,1-7H3,(H,31,35)(H,33,34)/t22?,23?,24-,30?/m0/s1. The maximum absolute atomic E-state index is 13.5. The summed E-state index contributed by atoms with van der Waals surface area (Å²) in [6, 6.07) is 9.98. The lowest BCUT2D eigenvalue weighted by Gasteiger charge is -2.42. The van der Waals surface area contributed by atoms with Crippen molar-refractivity contribution in [2.24, 2.45) is 5.92 Å². The van der Waals surface area contributed by atoms with Crippen LogP contribution >= 0.6 is 0 Å². The van der Waals surface area contributed by atoms with E-state index in [-0.39, 0.29) is 36.9 Å². The van der Waals surface area contributed by atoms with Gasteiger partial charge in [-0.2, -0.15) is 0 Å². The monoisotopic (exact) mass is 528 g/mol. The molecule has 1 aromatic rings. The Morgan fingerprint density at radius 3 is 2.11 bits per heavy atom. The van der Waals surface area contributed by atoms with Crippen molar-refractivity contribution in [3.63, 3.8) is 0 Å². The van der Waals surface area contributed by atoms with Gasteiger partial charge >= 0.3 is 18.2 Å². The Balaban J connectivity index is 1.79. The fourth-order valence-corrected chi connectivity index (χ4v) is 5.26. The summed E-state index contributed by atoms with van der Waals surface area (Å²) in [7, 11) is 0. The fraction of sp³-hybridized carbons (Fsp3) is 0.633. The van der Waals surface area contributed by atoms with E-state index in [4.69, 9.17) is 9.47 Å². The minimum absolute atomic E-state index is 0.000838. The van der Waals surface area contributed by atoms with E-state index in [2.05, 4.69) is 30.4 Å². The summed E-state index contributed by atoms with van der Waals surface area (Å²) in [4.78, 5) is 40.1. The normalized spacial score (nSPS) is 25.8. The molecule has 0 radical (unpaired) electrons. The van der Waals surface area contributed by atoms with Gasteiger partial charge in [0.25, 0.3) is 0 Å². The summed E-state index contributed by atoms with van der Waals surface area (Å²) >= 11 is 0. The number of hydrogen-bond acceptors (Lipinski definition) is 5. The molecule has 8 nitrogen and oxygen atoms in total. The van der Waals surface area contributed by atoms with Crippen LogP contribution < -0.4 is 5.32 Å². The second-order valence-corrected chi connectivity index (χ2v) is 12.5. The van der Waals surface area contributed by atoms with Gasteiger partial charge in [-0.05, 0) is 85.6 Å². The molecule has 210 valence electrons. The summed E-state index contributed by atoms with van der Waals surface area (Å²) in [6.07, 6.45) is 4.10. The Kier molecular flexibility index (Phi) is 8.84. The second-order valence-electron chi connectivity index (χ2n) is 12.5. The Morgan fingerprint density at radius 2 is 1.61 bits per heavy atom. The highest BCUT2D eigenvalue weighted by Crippen LogP contribution is 2.47. The van der Waals surface area contributed by atoms with Gasteiger partial charge in [0.1, 0.15) is 16.7 Å². The van der Waals surface area contributed by atoms with Gasteiger partial charge in [-0.1, -0.05) is 48.9 Å². The molecule has 1 aromatic carbocycles. The maximum Gasteiger partial charge on any atom is 0.410 e. The predicted octanol–water partition coefficient (Wildman–Crippen LogP) is 6.40. The molecule has 2 aliphatic rings. The molecule has 2 saturated carbocycles. The van der Waals surface area contributed by atoms with E-state index in [9.17, 15) is 19.5 Å². The van der Waals surface area contributed by atoms with Crippen LogP contribution in [0.2, 0.25) is 0 Å². The number of benzene rings is 1. The summed E-state index contributed by atoms with van der Waals surface area (Å²) < 4.78 is 11.1. The van der Waals surface area contributed by atoms with Gasteiger partial charge in [0, 0.05) is 18.0 Å². The molecule has 2 atom stereocenters. The second kappa shape index (κ2) is 11.4. The van der Waals surface area contributed by atoms with Gasteiger partial charge in [-0.25, -0.2) is 14.4 Å². The van der Waals surface area contributed by atoms with E-state index < -0.39 is 28.8 Å². The number of amides is 2. The topological polar surface area (TPSA) is 105 Å². The fourth-order valence-electron chi connectivity index (χ4n) is 5.26. The first-order chi connectivity index (χ1) is 17.6. The zero-order valence-corrected chi connectivity index (χ0v) is 23.9. The van der Waals surface area contributed by atoms with Gasteiger partial charge in [-0.15, -0.1) is 0 Å². The Bertz CT molecular complexity index is 1030. The lowest BCUT2D eigenvalue weighted by atomic mass is 9.79. The smallest absolute Gasteiger partial charge is 0.410 e. The van der Waals surface area contributed by atoms with Crippen LogP contribution in [0.3, 0.4) is 0 Å². The number of alkyl carbamates (subject to hydrolysis) is 1. The van der Waals surface area contributed by atoms with Crippen LogP contribution in [0.4, 0.5) is 9.59 Å². The number of ether oxygens (including phenoxy) is 2. The molecule has 2 N–H and O–H groups in total. The molecule has 2 amide bonds. The average molecular weight is 529 g/mol. The molecular formula is C30H44N2O6.